The van der Waals surface area contributed by atoms with Gasteiger partial charge in [-0.05, 0) is 55.3 Å². The van der Waals surface area contributed by atoms with Gasteiger partial charge in [0.15, 0.2) is 0 Å². The number of nitro benzene ring substituents is 1. The Hall–Kier alpha value is -5.26. The molecule has 1 aromatic heterocycles. The number of benzene rings is 4. The van der Waals surface area contributed by atoms with Gasteiger partial charge in [-0.15, -0.1) is 23.1 Å². The molecule has 0 bridgehead atoms. The van der Waals surface area contributed by atoms with E-state index >= 15 is 0 Å². The van der Waals surface area contributed by atoms with Gasteiger partial charge in [0.25, 0.3) is 11.6 Å². The number of ether oxygens (including phenoxy) is 1. The third-order valence-corrected chi connectivity index (χ3v) is 9.04. The minimum Gasteiger partial charge on any atom is -0.462 e. The van der Waals surface area contributed by atoms with Crippen molar-refractivity contribution >= 4 is 57.3 Å². The summed E-state index contributed by atoms with van der Waals surface area (Å²) < 4.78 is 5.38. The van der Waals surface area contributed by atoms with Crippen molar-refractivity contribution < 1.29 is 24.0 Å². The second kappa shape index (κ2) is 14.7. The van der Waals surface area contributed by atoms with Crippen LogP contribution in [0.3, 0.4) is 0 Å². The predicted molar refractivity (Wildman–Crippen MR) is 182 cm³/mol. The molecule has 4 aromatic carbocycles. The molecule has 1 unspecified atom stereocenters. The number of amides is 2. The molecule has 0 radical (unpaired) electrons. The summed E-state index contributed by atoms with van der Waals surface area (Å²) in [5, 5.41) is 18.3. The molecule has 232 valence electrons. The number of thiophene rings is 1. The molecular formula is C35H29N3O6S2. The number of nitrogens with zero attached hydrogens (tertiary/aromatic N) is 1. The lowest BCUT2D eigenvalue weighted by atomic mass is 10.0. The van der Waals surface area contributed by atoms with Gasteiger partial charge in [0.1, 0.15) is 15.8 Å². The number of nitro groups is 1. The van der Waals surface area contributed by atoms with Crippen LogP contribution in [0.1, 0.15) is 44.0 Å². The topological polar surface area (TPSA) is 128 Å². The standard InChI is InChI=1S/C35H29N3O6S2/c1-3-44-35(41)30-29(23-14-12-22(2)13-15-23)21-45-34(30)37-33(40)31(24-8-5-4-6-9-24)46-28-11-7-10-26(20-28)36-32(39)25-16-18-27(19-17-25)38(42)43/h4-21,31H,3H2,1-2H3,(H,36,39)(H,37,40). The highest BCUT2D eigenvalue weighted by Crippen LogP contribution is 2.40. The lowest BCUT2D eigenvalue weighted by Gasteiger charge is -2.18. The summed E-state index contributed by atoms with van der Waals surface area (Å²) in [5.74, 6) is -1.28. The molecule has 1 atom stereocenters. The van der Waals surface area contributed by atoms with Gasteiger partial charge in [0.2, 0.25) is 5.91 Å². The minimum absolute atomic E-state index is 0.108. The van der Waals surface area contributed by atoms with Gasteiger partial charge in [0.05, 0.1) is 11.5 Å². The minimum atomic E-state index is -0.707. The van der Waals surface area contributed by atoms with Gasteiger partial charge in [-0.3, -0.25) is 19.7 Å². The van der Waals surface area contributed by atoms with E-state index in [0.29, 0.717) is 26.7 Å². The number of non-ortho nitro benzene ring substituents is 1. The number of hydrogen-bond acceptors (Lipinski definition) is 8. The average molecular weight is 652 g/mol. The van der Waals surface area contributed by atoms with E-state index in [1.165, 1.54) is 47.4 Å². The lowest BCUT2D eigenvalue weighted by molar-refractivity contribution is -0.384. The fourth-order valence-corrected chi connectivity index (χ4v) is 6.64. The summed E-state index contributed by atoms with van der Waals surface area (Å²) >= 11 is 2.55. The van der Waals surface area contributed by atoms with E-state index in [2.05, 4.69) is 10.6 Å². The van der Waals surface area contributed by atoms with E-state index in [-0.39, 0.29) is 23.8 Å². The van der Waals surface area contributed by atoms with Crippen LogP contribution in [0.2, 0.25) is 0 Å². The van der Waals surface area contributed by atoms with Crippen LogP contribution in [0.25, 0.3) is 11.1 Å². The van der Waals surface area contributed by atoms with Crippen LogP contribution in [0.4, 0.5) is 16.4 Å². The molecule has 9 nitrogen and oxygen atoms in total. The molecule has 1 heterocycles. The molecule has 11 heteroatoms. The maximum atomic E-state index is 14.0. The number of anilines is 2. The Balaban J connectivity index is 1.40. The molecule has 0 fully saturated rings. The highest BCUT2D eigenvalue weighted by molar-refractivity contribution is 8.00. The van der Waals surface area contributed by atoms with E-state index in [4.69, 9.17) is 4.74 Å². The number of thioether (sulfide) groups is 1. The van der Waals surface area contributed by atoms with Crippen LogP contribution in [0, 0.1) is 17.0 Å². The monoisotopic (exact) mass is 651 g/mol. The number of carbonyl (C=O) groups is 3. The first kappa shape index (κ1) is 32.1. The second-order valence-electron chi connectivity index (χ2n) is 10.1. The van der Waals surface area contributed by atoms with E-state index in [1.54, 1.807) is 25.1 Å². The largest absolute Gasteiger partial charge is 0.462 e. The fourth-order valence-electron chi connectivity index (χ4n) is 4.60. The molecule has 0 saturated carbocycles. The average Bonchev–Trinajstić information content (AvgIpc) is 3.48. The van der Waals surface area contributed by atoms with E-state index < -0.39 is 22.0 Å². The van der Waals surface area contributed by atoms with Crippen LogP contribution in [0.5, 0.6) is 0 Å². The van der Waals surface area contributed by atoms with Crippen LogP contribution in [0.15, 0.2) is 113 Å². The Morgan fingerprint density at radius 1 is 0.913 bits per heavy atom. The number of nitrogens with one attached hydrogen (secondary N) is 2. The number of rotatable bonds is 11. The molecule has 0 aliphatic carbocycles. The third-order valence-electron chi connectivity index (χ3n) is 6.90. The highest BCUT2D eigenvalue weighted by atomic mass is 32.2. The van der Waals surface area contributed by atoms with Crippen LogP contribution in [-0.4, -0.2) is 29.3 Å². The summed E-state index contributed by atoms with van der Waals surface area (Å²) in [6.45, 7) is 3.91. The van der Waals surface area contributed by atoms with Crippen molar-refractivity contribution in [3.63, 3.8) is 0 Å². The molecule has 0 saturated heterocycles. The highest BCUT2D eigenvalue weighted by Gasteiger charge is 2.27. The van der Waals surface area contributed by atoms with Gasteiger partial charge in [-0.1, -0.05) is 66.2 Å². The molecule has 5 aromatic rings. The maximum Gasteiger partial charge on any atom is 0.341 e. The number of carbonyl (C=O) groups excluding carboxylic acids is 3. The number of esters is 1. The first-order valence-electron chi connectivity index (χ1n) is 14.3. The smallest absolute Gasteiger partial charge is 0.341 e. The molecule has 2 N–H and O–H groups in total. The summed E-state index contributed by atoms with van der Waals surface area (Å²) in [7, 11) is 0. The van der Waals surface area contributed by atoms with E-state index in [0.717, 1.165) is 16.7 Å². The zero-order chi connectivity index (χ0) is 32.6. The predicted octanol–water partition coefficient (Wildman–Crippen LogP) is 8.53. The summed E-state index contributed by atoms with van der Waals surface area (Å²) in [6.07, 6.45) is 0. The van der Waals surface area contributed by atoms with Crippen molar-refractivity contribution in [1.29, 1.82) is 0 Å². The maximum absolute atomic E-state index is 14.0. The summed E-state index contributed by atoms with van der Waals surface area (Å²) in [6, 6.07) is 29.5. The molecular weight excluding hydrogens is 623 g/mol. The van der Waals surface area contributed by atoms with Crippen molar-refractivity contribution in [2.24, 2.45) is 0 Å². The second-order valence-corrected chi connectivity index (χ2v) is 12.2. The first-order chi connectivity index (χ1) is 22.2. The van der Waals surface area contributed by atoms with E-state index in [1.807, 2.05) is 73.0 Å². The third kappa shape index (κ3) is 7.68. The van der Waals surface area contributed by atoms with Crippen molar-refractivity contribution in [3.8, 4) is 11.1 Å². The molecule has 0 aliphatic heterocycles. The Labute approximate surface area is 273 Å². The van der Waals surface area contributed by atoms with Crippen molar-refractivity contribution in [2.45, 2.75) is 24.0 Å². The lowest BCUT2D eigenvalue weighted by Crippen LogP contribution is -2.20. The Morgan fingerprint density at radius 3 is 2.30 bits per heavy atom. The fraction of sp³-hybridized carbons (Fsp3) is 0.114. The normalized spacial score (nSPS) is 11.3. The molecule has 46 heavy (non-hydrogen) atoms. The van der Waals surface area contributed by atoms with Gasteiger partial charge >= 0.3 is 5.97 Å². The van der Waals surface area contributed by atoms with Crippen molar-refractivity contribution in [1.82, 2.24) is 0 Å². The number of hydrogen-bond donors (Lipinski definition) is 2. The Morgan fingerprint density at radius 2 is 1.63 bits per heavy atom. The van der Waals surface area contributed by atoms with Crippen molar-refractivity contribution in [2.75, 3.05) is 17.2 Å². The van der Waals surface area contributed by atoms with Gasteiger partial charge < -0.3 is 15.4 Å². The van der Waals surface area contributed by atoms with Crippen LogP contribution in [-0.2, 0) is 9.53 Å². The molecule has 0 spiro atoms. The van der Waals surface area contributed by atoms with Crippen LogP contribution < -0.4 is 10.6 Å². The van der Waals surface area contributed by atoms with Crippen LogP contribution >= 0.6 is 23.1 Å². The quantitative estimate of drug-likeness (QED) is 0.0634. The van der Waals surface area contributed by atoms with Gasteiger partial charge in [0, 0.05) is 39.2 Å². The zero-order valence-corrected chi connectivity index (χ0v) is 26.5. The summed E-state index contributed by atoms with van der Waals surface area (Å²) in [5.41, 5.74) is 4.31. The van der Waals surface area contributed by atoms with Crippen molar-refractivity contribution in [3.05, 3.63) is 141 Å². The molecule has 2 amide bonds. The number of aryl methyl sites for hydroxylation is 1. The van der Waals surface area contributed by atoms with Gasteiger partial charge in [-0.2, -0.15) is 0 Å². The molecule has 0 aliphatic rings. The zero-order valence-electron chi connectivity index (χ0n) is 24.9. The SMILES string of the molecule is CCOC(=O)c1c(-c2ccc(C)cc2)csc1NC(=O)C(Sc1cccc(NC(=O)c2ccc([N+](=O)[O-])cc2)c1)c1ccccc1. The molecule has 5 rings (SSSR count). The van der Waals surface area contributed by atoms with E-state index in [9.17, 15) is 24.5 Å². The Bertz CT molecular complexity index is 1870. The first-order valence-corrected chi connectivity index (χ1v) is 16.0. The Kier molecular flexibility index (Phi) is 10.3. The summed E-state index contributed by atoms with van der Waals surface area (Å²) in [4.78, 5) is 51.1. The van der Waals surface area contributed by atoms with Gasteiger partial charge in [-0.25, -0.2) is 4.79 Å².